The SMILES string of the molecule is O=C(C1SN=NC1CO)N1CCC(N2CCN(C3CCN(C(=O)c4cc(C(F)(F)F)cc(C(F)(F)F)c4)C(Cc4ccccc4)C3)CC2)CC1. The minimum Gasteiger partial charge on any atom is -0.394 e. The van der Waals surface area contributed by atoms with E-state index in [1.807, 2.05) is 35.2 Å². The van der Waals surface area contributed by atoms with E-state index < -0.39 is 52.3 Å². The van der Waals surface area contributed by atoms with E-state index in [1.165, 1.54) is 4.90 Å². The molecule has 0 aromatic heterocycles. The fourth-order valence-electron chi connectivity index (χ4n) is 7.66. The Balaban J connectivity index is 1.09. The van der Waals surface area contributed by atoms with E-state index >= 15 is 0 Å². The first-order valence-electron chi connectivity index (χ1n) is 16.9. The highest BCUT2D eigenvalue weighted by molar-refractivity contribution is 7.99. The molecule has 4 aliphatic rings. The standard InChI is InChI=1S/C34H40F6N6O3S/c35-33(36,37)24-17-23(18-25(19-24)34(38,39)40)31(48)46-11-8-27(20-28(46)16-22-4-2-1-3-5-22)44-14-12-43(13-15-44)26-6-9-45(10-7-26)32(49)30-29(21-47)41-42-50-30/h1-5,17-19,26-30,47H,6-16,20-21H2. The molecule has 4 atom stereocenters. The quantitative estimate of drug-likeness (QED) is 0.304. The molecule has 1 N–H and O–H groups in total. The second kappa shape index (κ2) is 15.2. The van der Waals surface area contributed by atoms with Crippen molar-refractivity contribution in [3.63, 3.8) is 0 Å². The van der Waals surface area contributed by atoms with Gasteiger partial charge in [0.25, 0.3) is 5.91 Å². The third kappa shape index (κ3) is 8.29. The van der Waals surface area contributed by atoms with Crippen LogP contribution >= 0.6 is 11.9 Å². The van der Waals surface area contributed by atoms with Gasteiger partial charge in [-0.3, -0.25) is 19.4 Å². The van der Waals surface area contributed by atoms with Crippen LogP contribution < -0.4 is 0 Å². The number of halogens is 6. The molecule has 9 nitrogen and oxygen atoms in total. The van der Waals surface area contributed by atoms with E-state index in [9.17, 15) is 41.0 Å². The van der Waals surface area contributed by atoms with Crippen LogP contribution in [0.5, 0.6) is 0 Å². The Morgan fingerprint density at radius 2 is 1.38 bits per heavy atom. The molecule has 2 amide bonds. The predicted octanol–water partition coefficient (Wildman–Crippen LogP) is 5.39. The lowest BCUT2D eigenvalue weighted by atomic mass is 9.90. The van der Waals surface area contributed by atoms with Gasteiger partial charge >= 0.3 is 12.4 Å². The molecule has 2 aromatic carbocycles. The summed E-state index contributed by atoms with van der Waals surface area (Å²) in [6, 6.07) is 9.97. The number of amides is 2. The smallest absolute Gasteiger partial charge is 0.394 e. The van der Waals surface area contributed by atoms with Gasteiger partial charge in [-0.2, -0.15) is 31.5 Å². The Morgan fingerprint density at radius 1 is 0.800 bits per heavy atom. The summed E-state index contributed by atoms with van der Waals surface area (Å²) < 4.78 is 85.5. The van der Waals surface area contributed by atoms with Gasteiger partial charge in [0.2, 0.25) is 5.91 Å². The predicted molar refractivity (Wildman–Crippen MR) is 174 cm³/mol. The lowest BCUT2D eigenvalue weighted by molar-refractivity contribution is -0.143. The number of carbonyl (C=O) groups excluding carboxylic acids is 2. The number of likely N-dealkylation sites (tertiary alicyclic amines) is 2. The number of nitrogens with zero attached hydrogens (tertiary/aromatic N) is 6. The molecule has 3 saturated heterocycles. The topological polar surface area (TPSA) is 92.0 Å². The zero-order chi connectivity index (χ0) is 35.6. The van der Waals surface area contributed by atoms with Gasteiger partial charge in [0.05, 0.1) is 17.7 Å². The van der Waals surface area contributed by atoms with Crippen LogP contribution in [0.15, 0.2) is 58.2 Å². The van der Waals surface area contributed by atoms with Gasteiger partial charge in [-0.15, -0.1) is 4.52 Å². The van der Waals surface area contributed by atoms with Gasteiger partial charge in [-0.1, -0.05) is 30.3 Å². The molecule has 0 saturated carbocycles. The molecule has 0 spiro atoms. The Kier molecular flexibility index (Phi) is 11.1. The van der Waals surface area contributed by atoms with Crippen molar-refractivity contribution in [3.05, 3.63) is 70.8 Å². The van der Waals surface area contributed by atoms with E-state index in [2.05, 4.69) is 19.4 Å². The first-order valence-corrected chi connectivity index (χ1v) is 17.7. The average Bonchev–Trinajstić information content (AvgIpc) is 3.60. The van der Waals surface area contributed by atoms with Crippen LogP contribution in [0.4, 0.5) is 26.3 Å². The summed E-state index contributed by atoms with van der Waals surface area (Å²) in [7, 11) is 0. The van der Waals surface area contributed by atoms with Gasteiger partial charge in [-0.05, 0) is 55.9 Å². The zero-order valence-corrected chi connectivity index (χ0v) is 28.1. The van der Waals surface area contributed by atoms with Crippen molar-refractivity contribution in [1.29, 1.82) is 0 Å². The monoisotopic (exact) mass is 726 g/mol. The zero-order valence-electron chi connectivity index (χ0n) is 27.3. The van der Waals surface area contributed by atoms with Crippen molar-refractivity contribution in [1.82, 2.24) is 19.6 Å². The fraction of sp³-hybridized carbons (Fsp3) is 0.588. The molecule has 0 bridgehead atoms. The van der Waals surface area contributed by atoms with E-state index in [0.29, 0.717) is 50.5 Å². The van der Waals surface area contributed by atoms with Gasteiger partial charge in [0.1, 0.15) is 11.3 Å². The van der Waals surface area contributed by atoms with Crippen molar-refractivity contribution in [2.45, 2.75) is 73.9 Å². The van der Waals surface area contributed by atoms with E-state index in [0.717, 1.165) is 56.5 Å². The van der Waals surface area contributed by atoms with Gasteiger partial charge < -0.3 is 14.9 Å². The van der Waals surface area contributed by atoms with Gasteiger partial charge in [0.15, 0.2) is 0 Å². The third-order valence-corrected chi connectivity index (χ3v) is 11.3. The van der Waals surface area contributed by atoms with Crippen LogP contribution in [0.1, 0.15) is 52.7 Å². The highest BCUT2D eigenvalue weighted by atomic mass is 32.2. The molecule has 0 aliphatic carbocycles. The highest BCUT2D eigenvalue weighted by Crippen LogP contribution is 2.37. The highest BCUT2D eigenvalue weighted by Gasteiger charge is 2.41. The summed E-state index contributed by atoms with van der Waals surface area (Å²) in [5.74, 6) is -0.871. The Bertz CT molecular complexity index is 1500. The van der Waals surface area contributed by atoms with Crippen LogP contribution in [-0.2, 0) is 23.6 Å². The number of aliphatic hydroxyl groups excluding tert-OH is 1. The largest absolute Gasteiger partial charge is 0.416 e. The second-order valence-electron chi connectivity index (χ2n) is 13.4. The number of hydrogen-bond donors (Lipinski definition) is 1. The Morgan fingerprint density at radius 3 is 1.96 bits per heavy atom. The maximum absolute atomic E-state index is 13.8. The summed E-state index contributed by atoms with van der Waals surface area (Å²) in [4.78, 5) is 34.9. The van der Waals surface area contributed by atoms with Crippen LogP contribution in [0, 0.1) is 0 Å². The second-order valence-corrected chi connectivity index (χ2v) is 14.3. The molecule has 272 valence electrons. The summed E-state index contributed by atoms with van der Waals surface area (Å²) >= 11 is 1.11. The number of hydrogen-bond acceptors (Lipinski definition) is 8. The molecule has 4 heterocycles. The minimum absolute atomic E-state index is 0.0361. The lowest BCUT2D eigenvalue weighted by Crippen LogP contribution is -2.59. The van der Waals surface area contributed by atoms with Crippen LogP contribution in [0.3, 0.4) is 0 Å². The number of benzene rings is 2. The van der Waals surface area contributed by atoms with E-state index in [-0.39, 0.29) is 31.2 Å². The van der Waals surface area contributed by atoms with Crippen LogP contribution in [0.25, 0.3) is 0 Å². The minimum atomic E-state index is -5.05. The number of aliphatic hydroxyl groups is 1. The van der Waals surface area contributed by atoms with Crippen molar-refractivity contribution in [3.8, 4) is 0 Å². The van der Waals surface area contributed by atoms with E-state index in [4.69, 9.17) is 0 Å². The third-order valence-electron chi connectivity index (χ3n) is 10.4. The lowest BCUT2D eigenvalue weighted by Gasteiger charge is -2.48. The summed E-state index contributed by atoms with van der Waals surface area (Å²) in [6.07, 6.45) is -6.90. The molecule has 6 rings (SSSR count). The maximum Gasteiger partial charge on any atom is 0.416 e. The maximum atomic E-state index is 13.8. The number of piperidine rings is 2. The Hall–Kier alpha value is -3.21. The van der Waals surface area contributed by atoms with Crippen LogP contribution in [-0.4, -0.2) is 118 Å². The van der Waals surface area contributed by atoms with Crippen molar-refractivity contribution in [2.24, 2.45) is 9.63 Å². The fourth-order valence-corrected chi connectivity index (χ4v) is 8.46. The van der Waals surface area contributed by atoms with Crippen molar-refractivity contribution < 1.29 is 41.0 Å². The molecule has 4 aliphatic heterocycles. The van der Waals surface area contributed by atoms with Crippen molar-refractivity contribution in [2.75, 3.05) is 52.4 Å². The molecular formula is C34H40F6N6O3S. The molecule has 2 aromatic rings. The molecule has 3 fully saturated rings. The molecular weight excluding hydrogens is 686 g/mol. The first-order chi connectivity index (χ1) is 23.8. The summed E-state index contributed by atoms with van der Waals surface area (Å²) in [5, 5.41) is 13.0. The molecule has 50 heavy (non-hydrogen) atoms. The van der Waals surface area contributed by atoms with E-state index in [1.54, 1.807) is 0 Å². The average molecular weight is 727 g/mol. The van der Waals surface area contributed by atoms with Crippen LogP contribution in [0.2, 0.25) is 0 Å². The Labute approximate surface area is 290 Å². The first kappa shape index (κ1) is 36.6. The van der Waals surface area contributed by atoms with Gasteiger partial charge in [-0.25, -0.2) is 0 Å². The molecule has 4 unspecified atom stereocenters. The van der Waals surface area contributed by atoms with Gasteiger partial charge in [0, 0.05) is 81.5 Å². The normalized spacial score (nSPS) is 26.1. The molecule has 16 heteroatoms. The summed E-state index contributed by atoms with van der Waals surface area (Å²) in [5.41, 5.74) is -2.70. The summed E-state index contributed by atoms with van der Waals surface area (Å²) in [6.45, 7) is 4.49. The number of piperazine rings is 1. The number of rotatable bonds is 7. The van der Waals surface area contributed by atoms with Crippen molar-refractivity contribution >= 4 is 23.8 Å². The number of carbonyl (C=O) groups is 2. The molecule has 0 radical (unpaired) electrons. The number of alkyl halides is 6.